The van der Waals surface area contributed by atoms with Gasteiger partial charge in [0, 0.05) is 47.3 Å². The first-order valence-corrected chi connectivity index (χ1v) is 10.9. The van der Waals surface area contributed by atoms with Crippen LogP contribution in [0.1, 0.15) is 12.8 Å². The van der Waals surface area contributed by atoms with Gasteiger partial charge in [-0.25, -0.2) is 4.98 Å². The van der Waals surface area contributed by atoms with Crippen LogP contribution in [-0.4, -0.2) is 35.2 Å². The van der Waals surface area contributed by atoms with E-state index in [-0.39, 0.29) is 0 Å². The van der Waals surface area contributed by atoms with Gasteiger partial charge in [0.1, 0.15) is 11.6 Å². The molecule has 0 atom stereocenters. The second kappa shape index (κ2) is 10.6. The summed E-state index contributed by atoms with van der Waals surface area (Å²) in [6.07, 6.45) is 5.53. The molecule has 0 aliphatic heterocycles. The van der Waals surface area contributed by atoms with E-state index in [4.69, 9.17) is 16.3 Å². The Morgan fingerprint density at radius 2 is 1.66 bits per heavy atom. The number of halogens is 1. The molecule has 2 heterocycles. The number of hydrogen-bond donors (Lipinski definition) is 3. The number of hydrogen-bond acceptors (Lipinski definition) is 7. The number of anilines is 4. The molecule has 0 saturated carbocycles. The highest BCUT2D eigenvalue weighted by Gasteiger charge is 2.03. The first-order valence-electron chi connectivity index (χ1n) is 10.5. The third-order valence-electron chi connectivity index (χ3n) is 4.92. The Bertz CT molecular complexity index is 1170. The van der Waals surface area contributed by atoms with Gasteiger partial charge >= 0.3 is 0 Å². The molecule has 0 radical (unpaired) electrons. The predicted molar refractivity (Wildman–Crippen MR) is 131 cm³/mol. The minimum Gasteiger partial charge on any atom is -0.497 e. The van der Waals surface area contributed by atoms with E-state index in [1.807, 2.05) is 54.6 Å². The van der Waals surface area contributed by atoms with Crippen LogP contribution in [0, 0.1) is 0 Å². The Labute approximate surface area is 192 Å². The normalized spacial score (nSPS) is 10.7. The molecule has 8 heteroatoms. The summed E-state index contributed by atoms with van der Waals surface area (Å²) in [5.74, 6) is 2.16. The Morgan fingerprint density at radius 3 is 2.47 bits per heavy atom. The van der Waals surface area contributed by atoms with Gasteiger partial charge in [-0.3, -0.25) is 4.98 Å². The third kappa shape index (κ3) is 5.76. The van der Waals surface area contributed by atoms with Crippen molar-refractivity contribution >= 4 is 45.6 Å². The fraction of sp³-hybridized carbons (Fsp3) is 0.208. The lowest BCUT2D eigenvalue weighted by Gasteiger charge is -2.10. The summed E-state index contributed by atoms with van der Waals surface area (Å²) in [5.41, 5.74) is 2.90. The minimum absolute atomic E-state index is 0.605. The third-order valence-corrected chi connectivity index (χ3v) is 5.16. The minimum atomic E-state index is 0.605. The Hall–Kier alpha value is -3.58. The van der Waals surface area contributed by atoms with Crippen LogP contribution in [0.15, 0.2) is 67.0 Å². The monoisotopic (exact) mass is 448 g/mol. The van der Waals surface area contributed by atoms with Crippen LogP contribution in [0.5, 0.6) is 5.75 Å². The highest BCUT2D eigenvalue weighted by atomic mass is 35.5. The van der Waals surface area contributed by atoms with Crippen LogP contribution in [0.3, 0.4) is 0 Å². The molecule has 0 bridgehead atoms. The highest BCUT2D eigenvalue weighted by molar-refractivity contribution is 6.31. The molecule has 0 fully saturated rings. The number of nitrogens with one attached hydrogen (secondary N) is 3. The number of ether oxygens (including phenoxy) is 1. The molecule has 0 aliphatic carbocycles. The average Bonchev–Trinajstić information content (AvgIpc) is 2.82. The van der Waals surface area contributed by atoms with Gasteiger partial charge in [-0.15, -0.1) is 0 Å². The number of nitrogens with zero attached hydrogens (tertiary/aromatic N) is 3. The zero-order valence-electron chi connectivity index (χ0n) is 17.8. The van der Waals surface area contributed by atoms with Crippen molar-refractivity contribution in [2.24, 2.45) is 0 Å². The van der Waals surface area contributed by atoms with Gasteiger partial charge in [0.2, 0.25) is 5.95 Å². The van der Waals surface area contributed by atoms with Crippen LogP contribution in [0.2, 0.25) is 5.02 Å². The molecule has 0 unspecified atom stereocenters. The van der Waals surface area contributed by atoms with E-state index in [0.29, 0.717) is 11.0 Å². The van der Waals surface area contributed by atoms with Crippen LogP contribution < -0.4 is 20.7 Å². The first kappa shape index (κ1) is 21.6. The molecule has 7 nitrogen and oxygen atoms in total. The molecule has 4 rings (SSSR count). The Balaban J connectivity index is 1.22. The molecule has 0 amide bonds. The summed E-state index contributed by atoms with van der Waals surface area (Å²) in [6, 6.07) is 17.3. The van der Waals surface area contributed by atoms with Crippen molar-refractivity contribution in [1.29, 1.82) is 0 Å². The highest BCUT2D eigenvalue weighted by Crippen LogP contribution is 2.24. The van der Waals surface area contributed by atoms with Crippen molar-refractivity contribution in [2.45, 2.75) is 12.8 Å². The van der Waals surface area contributed by atoms with Crippen molar-refractivity contribution in [3.8, 4) is 5.75 Å². The van der Waals surface area contributed by atoms with Gasteiger partial charge in [-0.1, -0.05) is 11.6 Å². The molecule has 2 aromatic carbocycles. The maximum Gasteiger partial charge on any atom is 0.224 e. The summed E-state index contributed by atoms with van der Waals surface area (Å²) in [4.78, 5) is 13.2. The van der Waals surface area contributed by atoms with Gasteiger partial charge in [0.15, 0.2) is 0 Å². The van der Waals surface area contributed by atoms with E-state index in [0.717, 1.165) is 59.8 Å². The van der Waals surface area contributed by atoms with E-state index < -0.39 is 0 Å². The fourth-order valence-electron chi connectivity index (χ4n) is 3.28. The molecule has 164 valence electrons. The van der Waals surface area contributed by atoms with Gasteiger partial charge in [-0.2, -0.15) is 4.98 Å². The quantitative estimate of drug-likeness (QED) is 0.267. The first-order chi connectivity index (χ1) is 15.7. The summed E-state index contributed by atoms with van der Waals surface area (Å²) in [6.45, 7) is 1.66. The standard InChI is InChI=1S/C24H25ClN6O/c1-32-19-7-5-18(6-8-19)30-23-11-15-29-24(31-23)28-13-3-2-12-26-21-10-14-27-22-16-17(25)4-9-20(21)22/h4-11,14-16H,2-3,12-13H2,1H3,(H,26,27)(H2,28,29,30,31). The van der Waals surface area contributed by atoms with E-state index in [9.17, 15) is 0 Å². The maximum atomic E-state index is 6.06. The number of unbranched alkanes of at least 4 members (excludes halogenated alkanes) is 1. The lowest BCUT2D eigenvalue weighted by Crippen LogP contribution is -2.09. The van der Waals surface area contributed by atoms with E-state index in [1.165, 1.54) is 0 Å². The van der Waals surface area contributed by atoms with Crippen molar-refractivity contribution in [1.82, 2.24) is 15.0 Å². The predicted octanol–water partition coefficient (Wildman–Crippen LogP) is 5.73. The zero-order valence-corrected chi connectivity index (χ0v) is 18.6. The average molecular weight is 449 g/mol. The fourth-order valence-corrected chi connectivity index (χ4v) is 3.45. The smallest absolute Gasteiger partial charge is 0.224 e. The molecule has 0 aliphatic rings. The molecule has 0 saturated heterocycles. The lowest BCUT2D eigenvalue weighted by molar-refractivity contribution is 0.415. The van der Waals surface area contributed by atoms with Crippen LogP contribution in [0.25, 0.3) is 10.9 Å². The number of fused-ring (bicyclic) bond motifs is 1. The molecular formula is C24H25ClN6O. The topological polar surface area (TPSA) is 84.0 Å². The number of aromatic nitrogens is 3. The largest absolute Gasteiger partial charge is 0.497 e. The second-order valence-corrected chi connectivity index (χ2v) is 7.64. The molecule has 2 aromatic heterocycles. The second-order valence-electron chi connectivity index (χ2n) is 7.20. The van der Waals surface area contributed by atoms with Crippen molar-refractivity contribution in [3.05, 3.63) is 72.0 Å². The van der Waals surface area contributed by atoms with Gasteiger partial charge in [-0.05, 0) is 67.4 Å². The molecular weight excluding hydrogens is 424 g/mol. The Kier molecular flexibility index (Phi) is 7.19. The molecule has 0 spiro atoms. The van der Waals surface area contributed by atoms with Gasteiger partial charge < -0.3 is 20.7 Å². The van der Waals surface area contributed by atoms with Crippen molar-refractivity contribution in [3.63, 3.8) is 0 Å². The Morgan fingerprint density at radius 1 is 0.875 bits per heavy atom. The SMILES string of the molecule is COc1ccc(Nc2ccnc(NCCCCNc3ccnc4cc(Cl)ccc34)n2)cc1. The van der Waals surface area contributed by atoms with Crippen LogP contribution >= 0.6 is 11.6 Å². The molecule has 3 N–H and O–H groups in total. The van der Waals surface area contributed by atoms with Crippen molar-refractivity contribution in [2.75, 3.05) is 36.1 Å². The van der Waals surface area contributed by atoms with Crippen molar-refractivity contribution < 1.29 is 4.74 Å². The molecule has 32 heavy (non-hydrogen) atoms. The number of pyridine rings is 1. The molecule has 4 aromatic rings. The lowest BCUT2D eigenvalue weighted by atomic mass is 10.2. The number of rotatable bonds is 10. The van der Waals surface area contributed by atoms with E-state index in [2.05, 4.69) is 30.9 Å². The van der Waals surface area contributed by atoms with E-state index >= 15 is 0 Å². The summed E-state index contributed by atoms with van der Waals surface area (Å²) >= 11 is 6.06. The van der Waals surface area contributed by atoms with Gasteiger partial charge in [0.25, 0.3) is 0 Å². The van der Waals surface area contributed by atoms with E-state index in [1.54, 1.807) is 19.5 Å². The number of methoxy groups -OCH3 is 1. The summed E-state index contributed by atoms with van der Waals surface area (Å²) < 4.78 is 5.18. The maximum absolute atomic E-state index is 6.06. The van der Waals surface area contributed by atoms with Crippen LogP contribution in [-0.2, 0) is 0 Å². The van der Waals surface area contributed by atoms with Gasteiger partial charge in [0.05, 0.1) is 12.6 Å². The van der Waals surface area contributed by atoms with Crippen LogP contribution in [0.4, 0.5) is 23.1 Å². The summed E-state index contributed by atoms with van der Waals surface area (Å²) in [7, 11) is 1.65. The zero-order chi connectivity index (χ0) is 22.2. The summed E-state index contributed by atoms with van der Waals surface area (Å²) in [5, 5.41) is 11.8. The number of benzene rings is 2.